The molecule has 2 nitrogen and oxygen atoms in total. The van der Waals surface area contributed by atoms with Gasteiger partial charge in [0, 0.05) is 6.61 Å². The van der Waals surface area contributed by atoms with Crippen LogP contribution in [0.2, 0.25) is 0 Å². The van der Waals surface area contributed by atoms with Crippen molar-refractivity contribution in [1.82, 2.24) is 0 Å². The SMILES string of the molecule is OCCCC/C=C/C(O)C1CCCCC1. The molecule has 15 heavy (non-hydrogen) atoms. The normalized spacial score (nSPS) is 20.9. The molecule has 88 valence electrons. The zero-order valence-electron chi connectivity index (χ0n) is 9.57. The summed E-state index contributed by atoms with van der Waals surface area (Å²) in [6.07, 6.45) is 12.9. The Labute approximate surface area is 93.0 Å². The van der Waals surface area contributed by atoms with Gasteiger partial charge in [0.25, 0.3) is 0 Å². The monoisotopic (exact) mass is 212 g/mol. The molecule has 1 saturated carbocycles. The first-order valence-electron chi connectivity index (χ1n) is 6.30. The van der Waals surface area contributed by atoms with Crippen LogP contribution in [0.25, 0.3) is 0 Å². The molecule has 0 aromatic heterocycles. The van der Waals surface area contributed by atoms with Crippen LogP contribution in [-0.2, 0) is 0 Å². The van der Waals surface area contributed by atoms with E-state index in [1.165, 1.54) is 32.1 Å². The third-order valence-corrected chi connectivity index (χ3v) is 3.24. The van der Waals surface area contributed by atoms with Crippen LogP contribution in [0.3, 0.4) is 0 Å². The smallest absolute Gasteiger partial charge is 0.0749 e. The summed E-state index contributed by atoms with van der Waals surface area (Å²) >= 11 is 0. The summed E-state index contributed by atoms with van der Waals surface area (Å²) in [6, 6.07) is 0. The van der Waals surface area contributed by atoms with E-state index in [9.17, 15) is 5.11 Å². The fourth-order valence-corrected chi connectivity index (χ4v) is 2.24. The van der Waals surface area contributed by atoms with Crippen molar-refractivity contribution >= 4 is 0 Å². The van der Waals surface area contributed by atoms with Crippen molar-refractivity contribution in [2.75, 3.05) is 6.61 Å². The second-order valence-corrected chi connectivity index (χ2v) is 4.54. The van der Waals surface area contributed by atoms with Crippen LogP contribution in [0, 0.1) is 5.92 Å². The lowest BCUT2D eigenvalue weighted by Crippen LogP contribution is -2.20. The maximum absolute atomic E-state index is 9.89. The Hall–Kier alpha value is -0.340. The third kappa shape index (κ3) is 5.33. The van der Waals surface area contributed by atoms with Crippen molar-refractivity contribution in [1.29, 1.82) is 0 Å². The molecular formula is C13H24O2. The molecule has 0 aromatic rings. The Morgan fingerprint density at radius 1 is 1.13 bits per heavy atom. The first kappa shape index (κ1) is 12.7. The van der Waals surface area contributed by atoms with Crippen LogP contribution in [0.5, 0.6) is 0 Å². The standard InChI is InChI=1S/C13H24O2/c14-11-7-2-1-6-10-13(15)12-8-4-3-5-9-12/h6,10,12-15H,1-5,7-9,11H2/b10-6+. The number of hydrogen-bond acceptors (Lipinski definition) is 2. The van der Waals surface area contributed by atoms with Gasteiger partial charge in [0.2, 0.25) is 0 Å². The van der Waals surface area contributed by atoms with Crippen LogP contribution < -0.4 is 0 Å². The summed E-state index contributed by atoms with van der Waals surface area (Å²) in [4.78, 5) is 0. The largest absolute Gasteiger partial charge is 0.396 e. The zero-order valence-corrected chi connectivity index (χ0v) is 9.57. The molecule has 0 heterocycles. The molecule has 0 spiro atoms. The molecule has 1 aliphatic rings. The number of rotatable bonds is 6. The van der Waals surface area contributed by atoms with E-state index in [1.807, 2.05) is 6.08 Å². The Morgan fingerprint density at radius 2 is 1.87 bits per heavy atom. The minimum atomic E-state index is -0.237. The van der Waals surface area contributed by atoms with Gasteiger partial charge in [-0.1, -0.05) is 31.4 Å². The highest BCUT2D eigenvalue weighted by molar-refractivity contribution is 4.92. The molecule has 1 aliphatic carbocycles. The summed E-state index contributed by atoms with van der Waals surface area (Å²) in [6.45, 7) is 0.277. The Kier molecular flexibility index (Phi) is 6.69. The molecule has 1 rings (SSSR count). The fraction of sp³-hybridized carbons (Fsp3) is 0.846. The van der Waals surface area contributed by atoms with Gasteiger partial charge in [-0.25, -0.2) is 0 Å². The molecule has 0 amide bonds. The van der Waals surface area contributed by atoms with E-state index >= 15 is 0 Å². The van der Waals surface area contributed by atoms with Crippen molar-refractivity contribution in [2.24, 2.45) is 5.92 Å². The number of hydrogen-bond donors (Lipinski definition) is 2. The molecule has 2 heteroatoms. The Bertz CT molecular complexity index is 171. The van der Waals surface area contributed by atoms with E-state index in [1.54, 1.807) is 0 Å². The highest BCUT2D eigenvalue weighted by Crippen LogP contribution is 2.26. The van der Waals surface area contributed by atoms with E-state index in [-0.39, 0.29) is 12.7 Å². The van der Waals surface area contributed by atoms with Gasteiger partial charge >= 0.3 is 0 Å². The fourth-order valence-electron chi connectivity index (χ4n) is 2.24. The Morgan fingerprint density at radius 3 is 2.53 bits per heavy atom. The molecule has 0 radical (unpaired) electrons. The molecule has 0 saturated heterocycles. The summed E-state index contributed by atoms with van der Waals surface area (Å²) < 4.78 is 0. The van der Waals surface area contributed by atoms with Crippen LogP contribution in [-0.4, -0.2) is 22.9 Å². The van der Waals surface area contributed by atoms with Crippen molar-refractivity contribution in [2.45, 2.75) is 57.5 Å². The molecule has 0 bridgehead atoms. The van der Waals surface area contributed by atoms with Gasteiger partial charge in [-0.3, -0.25) is 0 Å². The summed E-state index contributed by atoms with van der Waals surface area (Å²) in [5.74, 6) is 0.493. The number of aliphatic hydroxyl groups is 2. The average molecular weight is 212 g/mol. The van der Waals surface area contributed by atoms with E-state index in [0.29, 0.717) is 5.92 Å². The second kappa shape index (κ2) is 7.89. The average Bonchev–Trinajstić information content (AvgIpc) is 2.30. The van der Waals surface area contributed by atoms with Crippen LogP contribution >= 0.6 is 0 Å². The van der Waals surface area contributed by atoms with Crippen molar-refractivity contribution in [3.63, 3.8) is 0 Å². The first-order chi connectivity index (χ1) is 7.34. The number of unbranched alkanes of at least 4 members (excludes halogenated alkanes) is 2. The van der Waals surface area contributed by atoms with Gasteiger partial charge in [0.05, 0.1) is 6.10 Å². The van der Waals surface area contributed by atoms with E-state index in [0.717, 1.165) is 19.3 Å². The molecular weight excluding hydrogens is 188 g/mol. The van der Waals surface area contributed by atoms with Crippen LogP contribution in [0.15, 0.2) is 12.2 Å². The zero-order chi connectivity index (χ0) is 10.9. The summed E-state index contributed by atoms with van der Waals surface area (Å²) in [5.41, 5.74) is 0. The predicted octanol–water partition coefficient (Wildman–Crippen LogP) is 2.65. The molecule has 1 fully saturated rings. The lowest BCUT2D eigenvalue weighted by molar-refractivity contribution is 0.125. The van der Waals surface area contributed by atoms with Gasteiger partial charge in [-0.05, 0) is 38.0 Å². The van der Waals surface area contributed by atoms with Crippen molar-refractivity contribution in [3.8, 4) is 0 Å². The maximum atomic E-state index is 9.89. The predicted molar refractivity (Wildman–Crippen MR) is 62.7 cm³/mol. The van der Waals surface area contributed by atoms with Crippen molar-refractivity contribution < 1.29 is 10.2 Å². The van der Waals surface area contributed by atoms with Gasteiger partial charge in [-0.15, -0.1) is 0 Å². The highest BCUT2D eigenvalue weighted by Gasteiger charge is 2.18. The van der Waals surface area contributed by atoms with Gasteiger partial charge in [0.1, 0.15) is 0 Å². The van der Waals surface area contributed by atoms with Crippen LogP contribution in [0.4, 0.5) is 0 Å². The van der Waals surface area contributed by atoms with Gasteiger partial charge in [0.15, 0.2) is 0 Å². The summed E-state index contributed by atoms with van der Waals surface area (Å²) in [5, 5.41) is 18.5. The first-order valence-corrected chi connectivity index (χ1v) is 6.30. The van der Waals surface area contributed by atoms with E-state index < -0.39 is 0 Å². The second-order valence-electron chi connectivity index (χ2n) is 4.54. The topological polar surface area (TPSA) is 40.5 Å². The Balaban J connectivity index is 2.12. The quantitative estimate of drug-likeness (QED) is 0.525. The molecule has 0 aliphatic heterocycles. The number of allylic oxidation sites excluding steroid dienone is 1. The molecule has 2 N–H and O–H groups in total. The van der Waals surface area contributed by atoms with Crippen LogP contribution in [0.1, 0.15) is 51.4 Å². The van der Waals surface area contributed by atoms with E-state index in [2.05, 4.69) is 6.08 Å². The highest BCUT2D eigenvalue weighted by atomic mass is 16.3. The maximum Gasteiger partial charge on any atom is 0.0749 e. The third-order valence-electron chi connectivity index (χ3n) is 3.24. The van der Waals surface area contributed by atoms with Crippen molar-refractivity contribution in [3.05, 3.63) is 12.2 Å². The minimum Gasteiger partial charge on any atom is -0.396 e. The molecule has 1 atom stereocenters. The molecule has 0 aromatic carbocycles. The van der Waals surface area contributed by atoms with Gasteiger partial charge in [-0.2, -0.15) is 0 Å². The lowest BCUT2D eigenvalue weighted by Gasteiger charge is -2.24. The van der Waals surface area contributed by atoms with E-state index in [4.69, 9.17) is 5.11 Å². The molecule has 1 unspecified atom stereocenters. The lowest BCUT2D eigenvalue weighted by atomic mass is 9.85. The summed E-state index contributed by atoms with van der Waals surface area (Å²) in [7, 11) is 0. The number of aliphatic hydroxyl groups excluding tert-OH is 2. The minimum absolute atomic E-state index is 0.237. The van der Waals surface area contributed by atoms with Gasteiger partial charge < -0.3 is 10.2 Å².